The van der Waals surface area contributed by atoms with Crippen LogP contribution in [0, 0.1) is 0 Å². The highest BCUT2D eigenvalue weighted by atomic mass is 32.2. The average Bonchev–Trinajstić information content (AvgIpc) is 3.02. The van der Waals surface area contributed by atoms with Gasteiger partial charge in [0.15, 0.2) is 5.82 Å². The Labute approximate surface area is 129 Å². The summed E-state index contributed by atoms with van der Waals surface area (Å²) >= 11 is 0. The number of aromatic nitrogens is 3. The number of nitrogens with zero attached hydrogens (tertiary/aromatic N) is 3. The Kier molecular flexibility index (Phi) is 4.12. The van der Waals surface area contributed by atoms with Crippen LogP contribution in [0.25, 0.3) is 5.82 Å². The third-order valence-electron chi connectivity index (χ3n) is 3.81. The molecule has 0 unspecified atom stereocenters. The number of anilines is 1. The van der Waals surface area contributed by atoms with E-state index in [2.05, 4.69) is 14.8 Å². The van der Waals surface area contributed by atoms with E-state index in [0.717, 1.165) is 12.8 Å². The van der Waals surface area contributed by atoms with E-state index in [-0.39, 0.29) is 0 Å². The van der Waals surface area contributed by atoms with Gasteiger partial charge in [0.2, 0.25) is 10.0 Å². The SMILES string of the molecule is O=S(=O)(Nc1ccc(-n2cccn2)nc1)[C@H]1CCCC[C@@H]1O. The smallest absolute Gasteiger partial charge is 0.238 e. The van der Waals surface area contributed by atoms with Crippen LogP contribution in [0.1, 0.15) is 25.7 Å². The van der Waals surface area contributed by atoms with Gasteiger partial charge in [-0.05, 0) is 31.0 Å². The van der Waals surface area contributed by atoms with Gasteiger partial charge in [-0.1, -0.05) is 12.8 Å². The minimum absolute atomic E-state index is 0.383. The number of sulfonamides is 1. The van der Waals surface area contributed by atoms with Crippen molar-refractivity contribution in [1.82, 2.24) is 14.8 Å². The molecule has 3 rings (SSSR count). The fourth-order valence-electron chi connectivity index (χ4n) is 2.67. The molecule has 2 atom stereocenters. The molecule has 8 heteroatoms. The number of nitrogens with one attached hydrogen (secondary N) is 1. The molecule has 0 spiro atoms. The van der Waals surface area contributed by atoms with Gasteiger partial charge in [0, 0.05) is 12.4 Å². The Morgan fingerprint density at radius 1 is 1.27 bits per heavy atom. The molecule has 0 aliphatic heterocycles. The molecule has 1 aliphatic rings. The number of rotatable bonds is 4. The Balaban J connectivity index is 1.75. The summed E-state index contributed by atoms with van der Waals surface area (Å²) in [7, 11) is -3.61. The molecule has 7 nitrogen and oxygen atoms in total. The summed E-state index contributed by atoms with van der Waals surface area (Å²) in [5.41, 5.74) is 0.383. The van der Waals surface area contributed by atoms with Crippen molar-refractivity contribution in [2.24, 2.45) is 0 Å². The van der Waals surface area contributed by atoms with Crippen molar-refractivity contribution in [2.45, 2.75) is 37.0 Å². The zero-order valence-electron chi connectivity index (χ0n) is 12.0. The first kappa shape index (κ1) is 15.0. The number of aliphatic hydroxyl groups is 1. The first-order valence-electron chi connectivity index (χ1n) is 7.22. The van der Waals surface area contributed by atoms with Crippen molar-refractivity contribution >= 4 is 15.7 Å². The van der Waals surface area contributed by atoms with Crippen molar-refractivity contribution in [3.63, 3.8) is 0 Å². The van der Waals surface area contributed by atoms with Gasteiger partial charge in [-0.2, -0.15) is 5.10 Å². The standard InChI is InChI=1S/C14H18N4O3S/c19-12-4-1-2-5-13(12)22(20,21)17-11-6-7-14(15-10-11)18-9-3-8-16-18/h3,6-10,12-13,17,19H,1-2,4-5H2/t12-,13-/m0/s1. The van der Waals surface area contributed by atoms with Gasteiger partial charge in [-0.3, -0.25) is 4.72 Å². The van der Waals surface area contributed by atoms with Gasteiger partial charge in [0.25, 0.3) is 0 Å². The summed E-state index contributed by atoms with van der Waals surface area (Å²) in [5, 5.41) is 13.2. The third kappa shape index (κ3) is 3.12. The number of hydrogen-bond acceptors (Lipinski definition) is 5. The van der Waals surface area contributed by atoms with E-state index < -0.39 is 21.4 Å². The molecule has 2 aromatic rings. The molecule has 2 heterocycles. The minimum Gasteiger partial charge on any atom is -0.392 e. The molecule has 22 heavy (non-hydrogen) atoms. The maximum Gasteiger partial charge on any atom is 0.238 e. The summed E-state index contributed by atoms with van der Waals surface area (Å²) in [6.07, 6.45) is 6.74. The first-order valence-corrected chi connectivity index (χ1v) is 8.77. The van der Waals surface area contributed by atoms with Crippen molar-refractivity contribution in [3.05, 3.63) is 36.8 Å². The second-order valence-electron chi connectivity index (χ2n) is 5.39. The van der Waals surface area contributed by atoms with Gasteiger partial charge < -0.3 is 5.11 Å². The lowest BCUT2D eigenvalue weighted by Gasteiger charge is -2.27. The lowest BCUT2D eigenvalue weighted by molar-refractivity contribution is 0.133. The number of aliphatic hydroxyl groups excluding tert-OH is 1. The first-order chi connectivity index (χ1) is 10.6. The van der Waals surface area contributed by atoms with E-state index in [4.69, 9.17) is 0 Å². The van der Waals surface area contributed by atoms with Crippen LogP contribution < -0.4 is 4.72 Å². The van der Waals surface area contributed by atoms with Gasteiger partial charge >= 0.3 is 0 Å². The zero-order chi connectivity index (χ0) is 15.6. The maximum absolute atomic E-state index is 12.4. The summed E-state index contributed by atoms with van der Waals surface area (Å²) in [4.78, 5) is 4.18. The van der Waals surface area contributed by atoms with Crippen LogP contribution in [-0.2, 0) is 10.0 Å². The van der Waals surface area contributed by atoms with E-state index in [9.17, 15) is 13.5 Å². The zero-order valence-corrected chi connectivity index (χ0v) is 12.8. The van der Waals surface area contributed by atoms with E-state index in [1.165, 1.54) is 6.20 Å². The van der Waals surface area contributed by atoms with Crippen LogP contribution in [0.3, 0.4) is 0 Å². The lowest BCUT2D eigenvalue weighted by Crippen LogP contribution is -2.40. The van der Waals surface area contributed by atoms with Crippen molar-refractivity contribution in [2.75, 3.05) is 4.72 Å². The van der Waals surface area contributed by atoms with Crippen LogP contribution in [0.15, 0.2) is 36.8 Å². The van der Waals surface area contributed by atoms with Crippen LogP contribution in [-0.4, -0.2) is 39.6 Å². The van der Waals surface area contributed by atoms with E-state index in [1.807, 2.05) is 0 Å². The summed E-state index contributed by atoms with van der Waals surface area (Å²) in [6.45, 7) is 0. The second-order valence-corrected chi connectivity index (χ2v) is 7.29. The normalized spacial score (nSPS) is 22.4. The topological polar surface area (TPSA) is 97.1 Å². The summed E-state index contributed by atoms with van der Waals surface area (Å²) in [6, 6.07) is 5.10. The largest absolute Gasteiger partial charge is 0.392 e. The molecule has 0 aromatic carbocycles. The molecular weight excluding hydrogens is 304 g/mol. The third-order valence-corrected chi connectivity index (χ3v) is 5.68. The molecule has 1 aliphatic carbocycles. The summed E-state index contributed by atoms with van der Waals surface area (Å²) in [5.74, 6) is 0.602. The monoisotopic (exact) mass is 322 g/mol. The predicted molar refractivity (Wildman–Crippen MR) is 82.2 cm³/mol. The summed E-state index contributed by atoms with van der Waals surface area (Å²) < 4.78 is 28.8. The molecular formula is C14H18N4O3S. The van der Waals surface area contributed by atoms with Gasteiger partial charge in [-0.15, -0.1) is 0 Å². The molecule has 1 saturated carbocycles. The average molecular weight is 322 g/mol. The Hall–Kier alpha value is -1.93. The fraction of sp³-hybridized carbons (Fsp3) is 0.429. The van der Waals surface area contributed by atoms with Gasteiger partial charge in [0.1, 0.15) is 5.25 Å². The van der Waals surface area contributed by atoms with Crippen LogP contribution in [0.5, 0.6) is 0 Å². The lowest BCUT2D eigenvalue weighted by atomic mass is 9.97. The van der Waals surface area contributed by atoms with E-state index >= 15 is 0 Å². The molecule has 0 radical (unpaired) electrons. The predicted octanol–water partition coefficient (Wildman–Crippen LogP) is 1.31. The molecule has 0 saturated heterocycles. The van der Waals surface area contributed by atoms with Crippen LogP contribution >= 0.6 is 0 Å². The molecule has 0 bridgehead atoms. The minimum atomic E-state index is -3.61. The molecule has 2 aromatic heterocycles. The Morgan fingerprint density at radius 3 is 2.73 bits per heavy atom. The van der Waals surface area contributed by atoms with Crippen molar-refractivity contribution in [3.8, 4) is 5.82 Å². The number of pyridine rings is 1. The number of hydrogen-bond donors (Lipinski definition) is 2. The molecule has 118 valence electrons. The van der Waals surface area contributed by atoms with Gasteiger partial charge in [0.05, 0.1) is 18.0 Å². The highest BCUT2D eigenvalue weighted by Crippen LogP contribution is 2.25. The highest BCUT2D eigenvalue weighted by Gasteiger charge is 2.34. The van der Waals surface area contributed by atoms with Crippen LogP contribution in [0.2, 0.25) is 0 Å². The fourth-order valence-corrected chi connectivity index (χ4v) is 4.29. The van der Waals surface area contributed by atoms with Crippen molar-refractivity contribution in [1.29, 1.82) is 0 Å². The van der Waals surface area contributed by atoms with Crippen molar-refractivity contribution < 1.29 is 13.5 Å². The maximum atomic E-state index is 12.4. The van der Waals surface area contributed by atoms with Gasteiger partial charge in [-0.25, -0.2) is 18.1 Å². The highest BCUT2D eigenvalue weighted by molar-refractivity contribution is 7.93. The Bertz CT molecular complexity index is 713. The van der Waals surface area contributed by atoms with Crippen LogP contribution in [0.4, 0.5) is 5.69 Å². The second kappa shape index (κ2) is 6.05. The van der Waals surface area contributed by atoms with E-state index in [0.29, 0.717) is 24.3 Å². The molecule has 2 N–H and O–H groups in total. The molecule has 1 fully saturated rings. The molecule has 0 amide bonds. The van der Waals surface area contributed by atoms with E-state index in [1.54, 1.807) is 35.3 Å². The quantitative estimate of drug-likeness (QED) is 0.884. The Morgan fingerprint density at radius 2 is 2.09 bits per heavy atom.